The van der Waals surface area contributed by atoms with Crippen molar-refractivity contribution >= 4 is 5.97 Å². The van der Waals surface area contributed by atoms with E-state index in [-0.39, 0.29) is 11.3 Å². The molecule has 0 radical (unpaired) electrons. The van der Waals surface area contributed by atoms with E-state index in [0.29, 0.717) is 12.2 Å². The lowest BCUT2D eigenvalue weighted by atomic mass is 10.1. The molecule has 118 valence electrons. The zero-order valence-corrected chi connectivity index (χ0v) is 13.0. The Hall–Kier alpha value is -3.46. The number of aromatic nitrogens is 3. The highest BCUT2D eigenvalue weighted by Gasteiger charge is 2.15. The maximum atomic E-state index is 10.9. The summed E-state index contributed by atoms with van der Waals surface area (Å²) in [5, 5.41) is 26.3. The predicted octanol–water partition coefficient (Wildman–Crippen LogP) is 2.87. The van der Waals surface area contributed by atoms with Gasteiger partial charge in [0.15, 0.2) is 5.69 Å². The molecule has 2 aromatic carbocycles. The van der Waals surface area contributed by atoms with E-state index in [1.165, 1.54) is 0 Å². The third-order valence-electron chi connectivity index (χ3n) is 3.67. The van der Waals surface area contributed by atoms with Gasteiger partial charge < -0.3 is 5.11 Å². The van der Waals surface area contributed by atoms with Gasteiger partial charge in [0, 0.05) is 5.56 Å². The van der Waals surface area contributed by atoms with Crippen molar-refractivity contribution in [2.24, 2.45) is 0 Å². The summed E-state index contributed by atoms with van der Waals surface area (Å²) in [5.41, 5.74) is 3.98. The maximum absolute atomic E-state index is 10.9. The summed E-state index contributed by atoms with van der Waals surface area (Å²) in [5.74, 6) is -0.963. The minimum atomic E-state index is -0.963. The van der Waals surface area contributed by atoms with Crippen molar-refractivity contribution in [2.75, 3.05) is 0 Å². The van der Waals surface area contributed by atoms with Gasteiger partial charge in [-0.25, -0.2) is 9.48 Å². The van der Waals surface area contributed by atoms with Gasteiger partial charge in [-0.1, -0.05) is 41.1 Å². The molecule has 1 heterocycles. The molecule has 1 N–H and O–H groups in total. The summed E-state index contributed by atoms with van der Waals surface area (Å²) in [6.07, 6.45) is 0. The lowest BCUT2D eigenvalue weighted by Crippen LogP contribution is -2.05. The number of nitrogens with zero attached hydrogens (tertiary/aromatic N) is 4. The van der Waals surface area contributed by atoms with Crippen molar-refractivity contribution in [2.45, 2.75) is 13.5 Å². The summed E-state index contributed by atoms with van der Waals surface area (Å²) >= 11 is 0. The molecule has 0 aliphatic heterocycles. The first-order chi connectivity index (χ1) is 11.6. The highest BCUT2D eigenvalue weighted by atomic mass is 16.4. The van der Waals surface area contributed by atoms with Gasteiger partial charge in [-0.2, -0.15) is 5.26 Å². The van der Waals surface area contributed by atoms with Crippen LogP contribution in [0.15, 0.2) is 48.5 Å². The summed E-state index contributed by atoms with van der Waals surface area (Å²) in [6, 6.07) is 16.4. The first-order valence-electron chi connectivity index (χ1n) is 7.31. The molecule has 0 saturated carbocycles. The minimum absolute atomic E-state index is 0.231. The van der Waals surface area contributed by atoms with Crippen molar-refractivity contribution < 1.29 is 9.90 Å². The highest BCUT2D eigenvalue weighted by molar-refractivity contribution is 5.87. The van der Waals surface area contributed by atoms with Crippen molar-refractivity contribution in [1.82, 2.24) is 15.0 Å². The second-order valence-corrected chi connectivity index (χ2v) is 5.43. The van der Waals surface area contributed by atoms with Gasteiger partial charge in [0.05, 0.1) is 12.1 Å². The van der Waals surface area contributed by atoms with Crippen LogP contribution in [0.2, 0.25) is 0 Å². The SMILES string of the molecule is Cc1cccc(-c2c(C#N)nnn2Cc2ccc(C(=O)O)cc2)c1. The van der Waals surface area contributed by atoms with Crippen molar-refractivity contribution in [3.05, 3.63) is 70.9 Å². The van der Waals surface area contributed by atoms with Gasteiger partial charge in [0.25, 0.3) is 0 Å². The Morgan fingerprint density at radius 2 is 2.00 bits per heavy atom. The van der Waals surface area contributed by atoms with E-state index >= 15 is 0 Å². The molecule has 1 aromatic heterocycles. The van der Waals surface area contributed by atoms with E-state index in [2.05, 4.69) is 16.4 Å². The molecule has 6 heteroatoms. The fraction of sp³-hybridized carbons (Fsp3) is 0.111. The van der Waals surface area contributed by atoms with Crippen LogP contribution in [-0.4, -0.2) is 26.1 Å². The quantitative estimate of drug-likeness (QED) is 0.798. The van der Waals surface area contributed by atoms with Crippen molar-refractivity contribution in [1.29, 1.82) is 5.26 Å². The third kappa shape index (κ3) is 3.01. The molecule has 6 nitrogen and oxygen atoms in total. The Morgan fingerprint density at radius 3 is 2.62 bits per heavy atom. The summed E-state index contributed by atoms with van der Waals surface area (Å²) in [7, 11) is 0. The van der Waals surface area contributed by atoms with Crippen LogP contribution >= 0.6 is 0 Å². The standard InChI is InChI=1S/C18H14N4O2/c1-12-3-2-4-15(9-12)17-16(10-19)20-21-22(17)11-13-5-7-14(8-6-13)18(23)24/h2-9H,11H2,1H3,(H,23,24). The number of aromatic carboxylic acids is 1. The summed E-state index contributed by atoms with van der Waals surface area (Å²) < 4.78 is 1.66. The molecule has 3 aromatic rings. The number of rotatable bonds is 4. The molecule has 0 atom stereocenters. The van der Waals surface area contributed by atoms with Gasteiger partial charge in [-0.05, 0) is 30.7 Å². The van der Waals surface area contributed by atoms with Crippen LogP contribution in [0.1, 0.15) is 27.2 Å². The van der Waals surface area contributed by atoms with E-state index in [9.17, 15) is 10.1 Å². The summed E-state index contributed by atoms with van der Waals surface area (Å²) in [4.78, 5) is 10.9. The average molecular weight is 318 g/mol. The lowest BCUT2D eigenvalue weighted by Gasteiger charge is -2.08. The van der Waals surface area contributed by atoms with Crippen LogP contribution in [0.5, 0.6) is 0 Å². The molecule has 0 fully saturated rings. The van der Waals surface area contributed by atoms with Gasteiger partial charge in [0.1, 0.15) is 11.8 Å². The van der Waals surface area contributed by atoms with Gasteiger partial charge in [-0.3, -0.25) is 0 Å². The Bertz CT molecular complexity index is 936. The Morgan fingerprint density at radius 1 is 1.25 bits per heavy atom. The number of benzene rings is 2. The maximum Gasteiger partial charge on any atom is 0.335 e. The monoisotopic (exact) mass is 318 g/mol. The number of carboxylic acid groups (broad SMARTS) is 1. The van der Waals surface area contributed by atoms with E-state index < -0.39 is 5.97 Å². The van der Waals surface area contributed by atoms with E-state index in [1.807, 2.05) is 31.2 Å². The zero-order valence-electron chi connectivity index (χ0n) is 13.0. The highest BCUT2D eigenvalue weighted by Crippen LogP contribution is 2.23. The van der Waals surface area contributed by atoms with Crippen molar-refractivity contribution in [3.8, 4) is 17.3 Å². The number of nitriles is 1. The molecule has 24 heavy (non-hydrogen) atoms. The van der Waals surface area contributed by atoms with E-state index in [0.717, 1.165) is 16.7 Å². The Balaban J connectivity index is 1.99. The predicted molar refractivity (Wildman–Crippen MR) is 87.4 cm³/mol. The fourth-order valence-corrected chi connectivity index (χ4v) is 2.50. The van der Waals surface area contributed by atoms with Crippen LogP contribution in [-0.2, 0) is 6.54 Å². The molecule has 3 rings (SSSR count). The number of hydrogen-bond donors (Lipinski definition) is 1. The Kier molecular flexibility index (Phi) is 4.08. The molecule has 0 aliphatic carbocycles. The molecule has 0 saturated heterocycles. The van der Waals surface area contributed by atoms with Crippen LogP contribution in [0.4, 0.5) is 0 Å². The van der Waals surface area contributed by atoms with Crippen LogP contribution in [0, 0.1) is 18.3 Å². The molecule has 0 bridgehead atoms. The third-order valence-corrected chi connectivity index (χ3v) is 3.67. The minimum Gasteiger partial charge on any atom is -0.478 e. The van der Waals surface area contributed by atoms with Crippen LogP contribution in [0.25, 0.3) is 11.3 Å². The van der Waals surface area contributed by atoms with E-state index in [1.54, 1.807) is 28.9 Å². The van der Waals surface area contributed by atoms with Gasteiger partial charge >= 0.3 is 5.97 Å². The second-order valence-electron chi connectivity index (χ2n) is 5.43. The molecule has 0 unspecified atom stereocenters. The smallest absolute Gasteiger partial charge is 0.335 e. The largest absolute Gasteiger partial charge is 0.478 e. The summed E-state index contributed by atoms with van der Waals surface area (Å²) in [6.45, 7) is 2.38. The van der Waals surface area contributed by atoms with Gasteiger partial charge in [-0.15, -0.1) is 5.10 Å². The molecular formula is C18H14N4O2. The average Bonchev–Trinajstić information content (AvgIpc) is 2.98. The van der Waals surface area contributed by atoms with Gasteiger partial charge in [0.2, 0.25) is 0 Å². The first-order valence-corrected chi connectivity index (χ1v) is 7.31. The Labute approximate surface area is 138 Å². The first kappa shape index (κ1) is 15.4. The fourth-order valence-electron chi connectivity index (χ4n) is 2.50. The van der Waals surface area contributed by atoms with E-state index in [4.69, 9.17) is 5.11 Å². The number of aryl methyl sites for hydroxylation is 1. The van der Waals surface area contributed by atoms with Crippen LogP contribution < -0.4 is 0 Å². The molecular weight excluding hydrogens is 304 g/mol. The van der Waals surface area contributed by atoms with Crippen LogP contribution in [0.3, 0.4) is 0 Å². The lowest BCUT2D eigenvalue weighted by molar-refractivity contribution is 0.0697. The van der Waals surface area contributed by atoms with Crippen molar-refractivity contribution in [3.63, 3.8) is 0 Å². The second kappa shape index (κ2) is 6.34. The molecule has 0 spiro atoms. The number of carbonyl (C=O) groups is 1. The zero-order chi connectivity index (χ0) is 17.1. The normalized spacial score (nSPS) is 10.3. The number of hydrogen-bond acceptors (Lipinski definition) is 4. The molecule has 0 amide bonds. The topological polar surface area (TPSA) is 91.8 Å². The number of carboxylic acids is 1. The molecule has 0 aliphatic rings.